The molecule has 2 N–H and O–H groups in total. The molecule has 0 radical (unpaired) electrons. The van der Waals surface area contributed by atoms with Gasteiger partial charge in [0.2, 0.25) is 5.91 Å². The maximum Gasteiger partial charge on any atom is 0.319 e. The third kappa shape index (κ3) is 4.85. The van der Waals surface area contributed by atoms with E-state index in [1.807, 2.05) is 55.5 Å². The highest BCUT2D eigenvalue weighted by atomic mass is 16.2. The van der Waals surface area contributed by atoms with Crippen LogP contribution in [-0.4, -0.2) is 30.4 Å². The lowest BCUT2D eigenvalue weighted by Crippen LogP contribution is -2.40. The Morgan fingerprint density at radius 3 is 2.17 bits per heavy atom. The predicted octanol–water partition coefficient (Wildman–Crippen LogP) is 3.03. The SMILES string of the molecule is CC(c1ccccc1)N(C)C(=O)CNC(=O)Nc1ccccc1. The molecule has 0 aliphatic rings. The summed E-state index contributed by atoms with van der Waals surface area (Å²) in [5, 5.41) is 5.25. The quantitative estimate of drug-likeness (QED) is 0.891. The number of amides is 3. The summed E-state index contributed by atoms with van der Waals surface area (Å²) in [4.78, 5) is 25.6. The molecule has 5 heteroatoms. The third-order valence-electron chi connectivity index (χ3n) is 3.69. The van der Waals surface area contributed by atoms with Crippen LogP contribution in [0, 0.1) is 0 Å². The molecule has 0 saturated heterocycles. The van der Waals surface area contributed by atoms with Gasteiger partial charge >= 0.3 is 6.03 Å². The van der Waals surface area contributed by atoms with Crippen LogP contribution >= 0.6 is 0 Å². The van der Waals surface area contributed by atoms with Gasteiger partial charge in [-0.25, -0.2) is 4.79 Å². The lowest BCUT2D eigenvalue weighted by Gasteiger charge is -2.25. The summed E-state index contributed by atoms with van der Waals surface area (Å²) >= 11 is 0. The summed E-state index contributed by atoms with van der Waals surface area (Å²) in [6.07, 6.45) is 0. The van der Waals surface area contributed by atoms with Gasteiger partial charge in [0, 0.05) is 12.7 Å². The molecule has 0 saturated carbocycles. The maximum atomic E-state index is 12.2. The molecule has 2 aromatic rings. The normalized spacial score (nSPS) is 11.4. The van der Waals surface area contributed by atoms with Crippen molar-refractivity contribution in [2.45, 2.75) is 13.0 Å². The second kappa shape index (κ2) is 7.98. The Kier molecular flexibility index (Phi) is 5.74. The van der Waals surface area contributed by atoms with Gasteiger partial charge in [-0.05, 0) is 24.6 Å². The molecule has 0 fully saturated rings. The van der Waals surface area contributed by atoms with Crippen LogP contribution in [0.5, 0.6) is 0 Å². The topological polar surface area (TPSA) is 61.4 Å². The zero-order valence-electron chi connectivity index (χ0n) is 13.3. The third-order valence-corrected chi connectivity index (χ3v) is 3.69. The Labute approximate surface area is 136 Å². The molecule has 2 rings (SSSR count). The van der Waals surface area contributed by atoms with E-state index in [0.717, 1.165) is 5.56 Å². The number of hydrogen-bond acceptors (Lipinski definition) is 2. The molecule has 0 aromatic heterocycles. The molecule has 0 bridgehead atoms. The fourth-order valence-electron chi connectivity index (χ4n) is 2.15. The summed E-state index contributed by atoms with van der Waals surface area (Å²) in [7, 11) is 1.73. The van der Waals surface area contributed by atoms with Crippen LogP contribution in [0.4, 0.5) is 10.5 Å². The van der Waals surface area contributed by atoms with Crippen LogP contribution in [-0.2, 0) is 4.79 Å². The Balaban J connectivity index is 1.83. The average Bonchev–Trinajstić information content (AvgIpc) is 2.60. The van der Waals surface area contributed by atoms with Crippen LogP contribution in [0.25, 0.3) is 0 Å². The molecule has 23 heavy (non-hydrogen) atoms. The molecule has 120 valence electrons. The summed E-state index contributed by atoms with van der Waals surface area (Å²) in [5.74, 6) is -0.149. The second-order valence-electron chi connectivity index (χ2n) is 5.27. The van der Waals surface area contributed by atoms with E-state index in [1.54, 1.807) is 24.1 Å². The number of likely N-dealkylation sites (N-methyl/N-ethyl adjacent to an activating group) is 1. The van der Waals surface area contributed by atoms with Gasteiger partial charge < -0.3 is 15.5 Å². The second-order valence-corrected chi connectivity index (χ2v) is 5.27. The first-order chi connectivity index (χ1) is 11.1. The number of carbonyl (C=O) groups is 2. The van der Waals surface area contributed by atoms with E-state index in [4.69, 9.17) is 0 Å². The number of urea groups is 1. The van der Waals surface area contributed by atoms with E-state index < -0.39 is 6.03 Å². The van der Waals surface area contributed by atoms with E-state index in [2.05, 4.69) is 10.6 Å². The van der Waals surface area contributed by atoms with Gasteiger partial charge in [0.05, 0.1) is 12.6 Å². The van der Waals surface area contributed by atoms with Crippen molar-refractivity contribution in [2.24, 2.45) is 0 Å². The van der Waals surface area contributed by atoms with Crippen molar-refractivity contribution in [3.8, 4) is 0 Å². The molecule has 0 aliphatic carbocycles. The zero-order chi connectivity index (χ0) is 16.7. The standard InChI is InChI=1S/C18H21N3O2/c1-14(15-9-5-3-6-10-15)21(2)17(22)13-19-18(23)20-16-11-7-4-8-12-16/h3-12,14H,13H2,1-2H3,(H2,19,20,23). The molecule has 0 heterocycles. The minimum Gasteiger partial charge on any atom is -0.337 e. The first-order valence-corrected chi connectivity index (χ1v) is 7.48. The van der Waals surface area contributed by atoms with E-state index in [-0.39, 0.29) is 18.5 Å². The molecule has 1 atom stereocenters. The highest BCUT2D eigenvalue weighted by Gasteiger charge is 2.17. The molecule has 5 nitrogen and oxygen atoms in total. The Morgan fingerprint density at radius 2 is 1.57 bits per heavy atom. The number of anilines is 1. The van der Waals surface area contributed by atoms with Crippen LogP contribution in [0.3, 0.4) is 0 Å². The molecular formula is C18H21N3O2. The largest absolute Gasteiger partial charge is 0.337 e. The Hall–Kier alpha value is -2.82. The van der Waals surface area contributed by atoms with Crippen molar-refractivity contribution in [1.82, 2.24) is 10.2 Å². The van der Waals surface area contributed by atoms with E-state index in [0.29, 0.717) is 5.69 Å². The molecule has 3 amide bonds. The van der Waals surface area contributed by atoms with Crippen molar-refractivity contribution in [3.63, 3.8) is 0 Å². The molecular weight excluding hydrogens is 290 g/mol. The summed E-state index contributed by atoms with van der Waals surface area (Å²) in [5.41, 5.74) is 1.74. The molecule has 0 aliphatic heterocycles. The van der Waals surface area contributed by atoms with Crippen molar-refractivity contribution in [1.29, 1.82) is 0 Å². The summed E-state index contributed by atoms with van der Waals surface area (Å²) in [6, 6.07) is 18.4. The molecule has 2 aromatic carbocycles. The lowest BCUT2D eigenvalue weighted by atomic mass is 10.1. The number of nitrogens with zero attached hydrogens (tertiary/aromatic N) is 1. The lowest BCUT2D eigenvalue weighted by molar-refractivity contribution is -0.130. The van der Waals surface area contributed by atoms with Gasteiger partial charge in [0.1, 0.15) is 0 Å². The van der Waals surface area contributed by atoms with Gasteiger partial charge in [-0.2, -0.15) is 0 Å². The minimum absolute atomic E-state index is 0.0493. The van der Waals surface area contributed by atoms with Gasteiger partial charge in [0.25, 0.3) is 0 Å². The number of para-hydroxylation sites is 1. The molecule has 0 spiro atoms. The first kappa shape index (κ1) is 16.5. The van der Waals surface area contributed by atoms with Crippen LogP contribution in [0.1, 0.15) is 18.5 Å². The van der Waals surface area contributed by atoms with Crippen LogP contribution in [0.15, 0.2) is 60.7 Å². The number of hydrogen-bond donors (Lipinski definition) is 2. The number of carbonyl (C=O) groups excluding carboxylic acids is 2. The fraction of sp³-hybridized carbons (Fsp3) is 0.222. The number of nitrogens with one attached hydrogen (secondary N) is 2. The first-order valence-electron chi connectivity index (χ1n) is 7.48. The maximum absolute atomic E-state index is 12.2. The van der Waals surface area contributed by atoms with E-state index in [1.165, 1.54) is 0 Å². The van der Waals surface area contributed by atoms with Crippen molar-refractivity contribution in [2.75, 3.05) is 18.9 Å². The minimum atomic E-state index is -0.398. The smallest absolute Gasteiger partial charge is 0.319 e. The highest BCUT2D eigenvalue weighted by Crippen LogP contribution is 2.17. The van der Waals surface area contributed by atoms with Crippen molar-refractivity contribution in [3.05, 3.63) is 66.2 Å². The molecule has 1 unspecified atom stereocenters. The number of benzene rings is 2. The van der Waals surface area contributed by atoms with Gasteiger partial charge in [-0.3, -0.25) is 4.79 Å². The predicted molar refractivity (Wildman–Crippen MR) is 91.1 cm³/mol. The van der Waals surface area contributed by atoms with Gasteiger partial charge in [0.15, 0.2) is 0 Å². The number of rotatable bonds is 5. The summed E-state index contributed by atoms with van der Waals surface area (Å²) < 4.78 is 0. The zero-order valence-corrected chi connectivity index (χ0v) is 13.3. The fourth-order valence-corrected chi connectivity index (χ4v) is 2.15. The van der Waals surface area contributed by atoms with Gasteiger partial charge in [-0.15, -0.1) is 0 Å². The van der Waals surface area contributed by atoms with Crippen LogP contribution < -0.4 is 10.6 Å². The highest BCUT2D eigenvalue weighted by molar-refractivity contribution is 5.92. The average molecular weight is 311 g/mol. The van der Waals surface area contributed by atoms with Gasteiger partial charge in [-0.1, -0.05) is 48.5 Å². The Morgan fingerprint density at radius 1 is 1.00 bits per heavy atom. The van der Waals surface area contributed by atoms with Crippen molar-refractivity contribution >= 4 is 17.6 Å². The monoisotopic (exact) mass is 311 g/mol. The Bertz CT molecular complexity index is 644. The van der Waals surface area contributed by atoms with Crippen LogP contribution in [0.2, 0.25) is 0 Å². The van der Waals surface area contributed by atoms with E-state index in [9.17, 15) is 9.59 Å². The van der Waals surface area contributed by atoms with E-state index >= 15 is 0 Å². The van der Waals surface area contributed by atoms with Crippen molar-refractivity contribution < 1.29 is 9.59 Å². The summed E-state index contributed by atoms with van der Waals surface area (Å²) in [6.45, 7) is 1.91.